The first-order valence-corrected chi connectivity index (χ1v) is 11.4. The van der Waals surface area contributed by atoms with Crippen molar-refractivity contribution in [2.24, 2.45) is 22.4 Å². The van der Waals surface area contributed by atoms with E-state index in [-0.39, 0.29) is 24.3 Å². The number of benzene rings is 2. The van der Waals surface area contributed by atoms with Crippen LogP contribution < -0.4 is 26.3 Å². The Morgan fingerprint density at radius 3 is 2.44 bits per heavy atom. The summed E-state index contributed by atoms with van der Waals surface area (Å²) in [5.41, 5.74) is 13.7. The van der Waals surface area contributed by atoms with Gasteiger partial charge in [-0.15, -0.1) is 0 Å². The number of aliphatic imine (C=N–C) groups is 1. The molecule has 2 aromatic rings. The maximum Gasteiger partial charge on any atom is 0.253 e. The Bertz CT molecular complexity index is 1000. The van der Waals surface area contributed by atoms with Crippen molar-refractivity contribution in [1.29, 1.82) is 0 Å². The van der Waals surface area contributed by atoms with E-state index in [1.165, 1.54) is 18.2 Å². The number of carbonyl (C=O) groups excluding carboxylic acids is 2. The van der Waals surface area contributed by atoms with Crippen molar-refractivity contribution < 1.29 is 19.1 Å². The van der Waals surface area contributed by atoms with Crippen LogP contribution in [0.25, 0.3) is 0 Å². The zero-order valence-electron chi connectivity index (χ0n) is 20.5. The lowest BCUT2D eigenvalue weighted by Crippen LogP contribution is -2.27. The topological polar surface area (TPSA) is 129 Å². The molecular weight excluding hydrogens is 432 g/mol. The van der Waals surface area contributed by atoms with Crippen LogP contribution in [0.5, 0.6) is 11.5 Å². The summed E-state index contributed by atoms with van der Waals surface area (Å²) in [7, 11) is 3.07. The minimum Gasteiger partial charge on any atom is -0.493 e. The molecular formula is C26H36N4O4. The lowest BCUT2D eigenvalue weighted by atomic mass is 10.1. The molecule has 1 unspecified atom stereocenters. The van der Waals surface area contributed by atoms with Crippen LogP contribution in [0.1, 0.15) is 55.8 Å². The predicted molar refractivity (Wildman–Crippen MR) is 134 cm³/mol. The fourth-order valence-corrected chi connectivity index (χ4v) is 3.74. The maximum absolute atomic E-state index is 11.8. The van der Waals surface area contributed by atoms with Gasteiger partial charge in [-0.3, -0.25) is 9.59 Å². The molecule has 2 aromatic carbocycles. The van der Waals surface area contributed by atoms with E-state index in [4.69, 9.17) is 20.9 Å². The summed E-state index contributed by atoms with van der Waals surface area (Å²) in [4.78, 5) is 26.6. The molecule has 0 fully saturated rings. The third-order valence-corrected chi connectivity index (χ3v) is 5.47. The minimum atomic E-state index is -0.405. The van der Waals surface area contributed by atoms with Crippen LogP contribution in [-0.2, 0) is 22.4 Å². The predicted octanol–water partition coefficient (Wildman–Crippen LogP) is 3.27. The van der Waals surface area contributed by atoms with Crippen molar-refractivity contribution in [3.8, 4) is 11.5 Å². The molecule has 1 atom stereocenters. The summed E-state index contributed by atoms with van der Waals surface area (Å²) in [6, 6.07) is 13.8. The van der Waals surface area contributed by atoms with Gasteiger partial charge in [-0.25, -0.2) is 0 Å². The highest BCUT2D eigenvalue weighted by molar-refractivity contribution is 5.92. The van der Waals surface area contributed by atoms with Crippen molar-refractivity contribution in [2.75, 3.05) is 14.2 Å². The summed E-state index contributed by atoms with van der Waals surface area (Å²) < 4.78 is 10.2. The zero-order valence-corrected chi connectivity index (χ0v) is 20.5. The van der Waals surface area contributed by atoms with E-state index >= 15 is 0 Å². The number of guanidine groups is 1. The van der Waals surface area contributed by atoms with Crippen LogP contribution in [0.3, 0.4) is 0 Å². The minimum absolute atomic E-state index is 0.109. The van der Waals surface area contributed by atoms with Gasteiger partial charge in [0, 0.05) is 6.42 Å². The number of nitrogens with zero attached hydrogens (tertiary/aromatic N) is 1. The SMILES string of the molecule is CC(C)CCC(=O)NC1CCc2ccccc21.COc1ccc(CC(=O)N=C(N)N)cc1OC. The van der Waals surface area contributed by atoms with Gasteiger partial charge >= 0.3 is 0 Å². The van der Waals surface area contributed by atoms with E-state index < -0.39 is 5.91 Å². The van der Waals surface area contributed by atoms with Gasteiger partial charge in [-0.1, -0.05) is 44.2 Å². The van der Waals surface area contributed by atoms with Crippen LogP contribution in [-0.4, -0.2) is 32.0 Å². The number of fused-ring (bicyclic) bond motifs is 1. The van der Waals surface area contributed by atoms with E-state index in [1.54, 1.807) is 25.3 Å². The normalized spacial score (nSPS) is 13.9. The number of methoxy groups -OCH3 is 2. The second kappa shape index (κ2) is 13.2. The standard InChI is InChI=1S/C15H21NO.C11H15N3O3/c1-11(2)7-10-15(17)16-14-9-8-12-5-3-4-6-13(12)14;1-16-8-4-3-7(5-9(8)17-2)6-10(15)14-11(12)13/h3-6,11,14H,7-10H2,1-2H3,(H,16,17);3-5H,6H2,1-2H3,(H4,12,13,14,15). The van der Waals surface area contributed by atoms with Gasteiger partial charge in [0.25, 0.3) is 5.91 Å². The lowest BCUT2D eigenvalue weighted by Gasteiger charge is -2.14. The van der Waals surface area contributed by atoms with Crippen molar-refractivity contribution in [1.82, 2.24) is 5.32 Å². The first-order chi connectivity index (χ1) is 16.2. The molecule has 1 aliphatic carbocycles. The molecule has 0 aliphatic heterocycles. The number of hydrogen-bond acceptors (Lipinski definition) is 4. The fraction of sp³-hybridized carbons (Fsp3) is 0.423. The average Bonchev–Trinajstić information content (AvgIpc) is 3.20. The molecule has 0 aromatic heterocycles. The molecule has 3 rings (SSSR count). The number of nitrogens with two attached hydrogens (primary N) is 2. The molecule has 0 saturated heterocycles. The molecule has 0 saturated carbocycles. The molecule has 5 N–H and O–H groups in total. The average molecular weight is 469 g/mol. The van der Waals surface area contributed by atoms with E-state index in [9.17, 15) is 9.59 Å². The summed E-state index contributed by atoms with van der Waals surface area (Å²) in [6.45, 7) is 4.30. The van der Waals surface area contributed by atoms with E-state index in [0.717, 1.165) is 24.8 Å². The van der Waals surface area contributed by atoms with E-state index in [0.29, 0.717) is 23.8 Å². The second-order valence-electron chi connectivity index (χ2n) is 8.59. The van der Waals surface area contributed by atoms with Gasteiger partial charge in [0.05, 0.1) is 26.7 Å². The lowest BCUT2D eigenvalue weighted by molar-refractivity contribution is -0.122. The number of hydrogen-bond donors (Lipinski definition) is 3. The Morgan fingerprint density at radius 2 is 1.79 bits per heavy atom. The Balaban J connectivity index is 0.000000240. The van der Waals surface area contributed by atoms with Gasteiger partial charge in [-0.2, -0.15) is 4.99 Å². The molecule has 0 heterocycles. The van der Waals surface area contributed by atoms with Gasteiger partial charge in [0.2, 0.25) is 5.91 Å². The molecule has 8 heteroatoms. The second-order valence-corrected chi connectivity index (χ2v) is 8.59. The van der Waals surface area contributed by atoms with Gasteiger partial charge in [0.15, 0.2) is 17.5 Å². The number of nitrogens with one attached hydrogen (secondary N) is 1. The van der Waals surface area contributed by atoms with Crippen LogP contribution in [0.15, 0.2) is 47.5 Å². The molecule has 0 spiro atoms. The summed E-state index contributed by atoms with van der Waals surface area (Å²) in [5.74, 6) is 1.30. The molecule has 0 radical (unpaired) electrons. The summed E-state index contributed by atoms with van der Waals surface area (Å²) >= 11 is 0. The van der Waals surface area contributed by atoms with Crippen LogP contribution >= 0.6 is 0 Å². The van der Waals surface area contributed by atoms with Gasteiger partial charge < -0.3 is 26.3 Å². The van der Waals surface area contributed by atoms with Crippen molar-refractivity contribution in [2.45, 2.75) is 52.0 Å². The van der Waals surface area contributed by atoms with Crippen LogP contribution in [0.4, 0.5) is 0 Å². The smallest absolute Gasteiger partial charge is 0.253 e. The van der Waals surface area contributed by atoms with Crippen molar-refractivity contribution in [3.63, 3.8) is 0 Å². The number of aryl methyl sites for hydroxylation is 1. The highest BCUT2D eigenvalue weighted by Gasteiger charge is 2.23. The molecule has 34 heavy (non-hydrogen) atoms. The Kier molecular flexibility index (Phi) is 10.4. The Morgan fingerprint density at radius 1 is 1.09 bits per heavy atom. The van der Waals surface area contributed by atoms with Crippen molar-refractivity contribution >= 4 is 17.8 Å². The molecule has 184 valence electrons. The summed E-state index contributed by atoms with van der Waals surface area (Å²) in [5, 5.41) is 3.15. The quantitative estimate of drug-likeness (QED) is 0.403. The highest BCUT2D eigenvalue weighted by atomic mass is 16.5. The summed E-state index contributed by atoms with van der Waals surface area (Å²) in [6.07, 6.45) is 3.87. The number of carbonyl (C=O) groups is 2. The van der Waals surface area contributed by atoms with E-state index in [2.05, 4.69) is 48.4 Å². The molecule has 2 amide bonds. The van der Waals surface area contributed by atoms with Crippen molar-refractivity contribution in [3.05, 3.63) is 59.2 Å². The Labute approximate surface area is 201 Å². The monoisotopic (exact) mass is 468 g/mol. The van der Waals surface area contributed by atoms with Crippen LogP contribution in [0.2, 0.25) is 0 Å². The van der Waals surface area contributed by atoms with E-state index in [1.807, 2.05) is 0 Å². The maximum atomic E-state index is 11.8. The first-order valence-electron chi connectivity index (χ1n) is 11.4. The van der Waals surface area contributed by atoms with Gasteiger partial charge in [0.1, 0.15) is 0 Å². The Hall–Kier alpha value is -3.55. The van der Waals surface area contributed by atoms with Gasteiger partial charge in [-0.05, 0) is 54.0 Å². The molecule has 0 bridgehead atoms. The number of ether oxygens (including phenoxy) is 2. The third-order valence-electron chi connectivity index (χ3n) is 5.47. The largest absolute Gasteiger partial charge is 0.493 e. The molecule has 1 aliphatic rings. The number of amides is 2. The van der Waals surface area contributed by atoms with Crippen LogP contribution in [0, 0.1) is 5.92 Å². The zero-order chi connectivity index (χ0) is 25.1. The first kappa shape index (κ1) is 26.7. The number of rotatable bonds is 8. The third kappa shape index (κ3) is 8.42. The molecule has 8 nitrogen and oxygen atoms in total. The highest BCUT2D eigenvalue weighted by Crippen LogP contribution is 2.31. The fourth-order valence-electron chi connectivity index (χ4n) is 3.74.